The maximum absolute atomic E-state index is 13.6. The molecule has 0 radical (unpaired) electrons. The van der Waals surface area contributed by atoms with Gasteiger partial charge in [0.25, 0.3) is 0 Å². The predicted octanol–water partition coefficient (Wildman–Crippen LogP) is 9.23. The van der Waals surface area contributed by atoms with Crippen LogP contribution in [0.25, 0.3) is 0 Å². The molecule has 2 N–H and O–H groups in total. The summed E-state index contributed by atoms with van der Waals surface area (Å²) in [6.45, 7) is 0. The van der Waals surface area contributed by atoms with Gasteiger partial charge in [0.2, 0.25) is 0 Å². The topological polar surface area (TPSA) is 74.6 Å². The van der Waals surface area contributed by atoms with Gasteiger partial charge in [-0.1, -0.05) is 12.8 Å². The van der Waals surface area contributed by atoms with E-state index in [1.54, 1.807) is 0 Å². The zero-order valence-electron chi connectivity index (χ0n) is 21.7. The van der Waals surface area contributed by atoms with Crippen LogP contribution < -0.4 is 0 Å². The van der Waals surface area contributed by atoms with Gasteiger partial charge in [0.05, 0.1) is 11.8 Å². The first-order valence-corrected chi connectivity index (χ1v) is 12.2. The van der Waals surface area contributed by atoms with Gasteiger partial charge in [0.15, 0.2) is 0 Å². The lowest BCUT2D eigenvalue weighted by Crippen LogP contribution is -2.60. The molecule has 0 aliphatic carbocycles. The summed E-state index contributed by atoms with van der Waals surface area (Å²) in [5.41, 5.74) is 0. The van der Waals surface area contributed by atoms with Gasteiger partial charge >= 0.3 is 59.8 Å². The maximum Gasteiger partial charge on any atom is 0.460 e. The molecule has 0 aromatic carbocycles. The molecule has 0 saturated carbocycles. The van der Waals surface area contributed by atoms with E-state index in [4.69, 9.17) is 10.2 Å². The molecule has 0 amide bonds. The number of hydrogen-bond acceptors (Lipinski definition) is 2. The number of halogens is 18. The zero-order chi connectivity index (χ0) is 35.4. The van der Waals surface area contributed by atoms with Crippen molar-refractivity contribution >= 4 is 11.9 Å². The first-order chi connectivity index (χ1) is 19.3. The number of carbonyl (C=O) groups is 2. The van der Waals surface area contributed by atoms with Gasteiger partial charge in [-0.25, -0.2) is 0 Å². The molecule has 0 heterocycles. The number of hydrogen-bond donors (Lipinski definition) is 2. The highest BCUT2D eigenvalue weighted by molar-refractivity contribution is 5.70. The van der Waals surface area contributed by atoms with Crippen molar-refractivity contribution in [1.29, 1.82) is 0 Å². The lowest BCUT2D eigenvalue weighted by atomic mass is 9.90. The second kappa shape index (κ2) is 14.0. The molecule has 2 unspecified atom stereocenters. The highest BCUT2D eigenvalue weighted by Gasteiger charge is 2.82. The van der Waals surface area contributed by atoms with E-state index in [1.165, 1.54) is 0 Å². The van der Waals surface area contributed by atoms with Crippen LogP contribution in [0.15, 0.2) is 0 Å². The summed E-state index contributed by atoms with van der Waals surface area (Å²) in [6, 6.07) is 0. The van der Waals surface area contributed by atoms with Crippen LogP contribution in [-0.2, 0) is 9.59 Å². The van der Waals surface area contributed by atoms with Gasteiger partial charge in [-0.05, 0) is 38.5 Å². The van der Waals surface area contributed by atoms with E-state index in [0.717, 1.165) is 0 Å². The second-order valence-electron chi connectivity index (χ2n) is 9.84. The Bertz CT molecular complexity index is 882. The Morgan fingerprint density at radius 2 is 0.636 bits per heavy atom. The molecule has 0 aliphatic rings. The summed E-state index contributed by atoms with van der Waals surface area (Å²) in [5.74, 6) is -46.9. The van der Waals surface area contributed by atoms with Crippen LogP contribution >= 0.6 is 0 Å². The molecular formula is C22H24F18O4. The van der Waals surface area contributed by atoms with Crippen LogP contribution in [0.3, 0.4) is 0 Å². The fraction of sp³-hybridized carbons (Fsp3) is 0.909. The Hall–Kier alpha value is -2.32. The van der Waals surface area contributed by atoms with Crippen LogP contribution in [0.1, 0.15) is 64.2 Å². The van der Waals surface area contributed by atoms with E-state index in [2.05, 4.69) is 0 Å². The van der Waals surface area contributed by atoms with Crippen molar-refractivity contribution in [2.45, 2.75) is 112 Å². The third kappa shape index (κ3) is 9.12. The number of aliphatic carboxylic acids is 2. The monoisotopic (exact) mass is 694 g/mol. The number of carboxylic acids is 2. The van der Waals surface area contributed by atoms with E-state index in [9.17, 15) is 88.6 Å². The van der Waals surface area contributed by atoms with E-state index in [-0.39, 0.29) is 12.8 Å². The molecule has 2 atom stereocenters. The molecule has 262 valence electrons. The minimum Gasteiger partial charge on any atom is -0.481 e. The Morgan fingerprint density at radius 3 is 0.841 bits per heavy atom. The van der Waals surface area contributed by atoms with Gasteiger partial charge in [-0.3, -0.25) is 9.59 Å². The fourth-order valence-corrected chi connectivity index (χ4v) is 3.83. The summed E-state index contributed by atoms with van der Waals surface area (Å²) in [5, 5.41) is 18.2. The van der Waals surface area contributed by atoms with Crippen molar-refractivity contribution in [2.24, 2.45) is 11.8 Å². The van der Waals surface area contributed by atoms with Gasteiger partial charge in [0, 0.05) is 12.8 Å². The summed E-state index contributed by atoms with van der Waals surface area (Å²) >= 11 is 0. The zero-order valence-corrected chi connectivity index (χ0v) is 21.7. The van der Waals surface area contributed by atoms with Crippen LogP contribution in [0.5, 0.6) is 0 Å². The summed E-state index contributed by atoms with van der Waals surface area (Å²) in [4.78, 5) is 22.5. The molecule has 0 saturated heterocycles. The van der Waals surface area contributed by atoms with Crippen LogP contribution in [-0.4, -0.2) is 70.0 Å². The first-order valence-electron chi connectivity index (χ1n) is 12.2. The maximum atomic E-state index is 13.6. The molecule has 0 rings (SSSR count). The number of unbranched alkanes of at least 4 members (excludes halogenated alkanes) is 1. The summed E-state index contributed by atoms with van der Waals surface area (Å²) in [6.07, 6.45) is -24.9. The van der Waals surface area contributed by atoms with Crippen LogP contribution in [0.2, 0.25) is 0 Å². The Kier molecular flexibility index (Phi) is 13.2. The average molecular weight is 694 g/mol. The average Bonchev–Trinajstić information content (AvgIpc) is 2.81. The highest BCUT2D eigenvalue weighted by atomic mass is 19.4. The molecule has 0 aromatic heterocycles. The third-order valence-corrected chi connectivity index (χ3v) is 6.56. The molecule has 0 fully saturated rings. The van der Waals surface area contributed by atoms with Crippen molar-refractivity contribution in [1.82, 2.24) is 0 Å². The Labute approximate surface area is 235 Å². The van der Waals surface area contributed by atoms with E-state index in [1.807, 2.05) is 0 Å². The smallest absolute Gasteiger partial charge is 0.460 e. The van der Waals surface area contributed by atoms with E-state index >= 15 is 0 Å². The van der Waals surface area contributed by atoms with Crippen LogP contribution in [0, 0.1) is 11.8 Å². The van der Waals surface area contributed by atoms with E-state index in [0.29, 0.717) is 0 Å². The van der Waals surface area contributed by atoms with Crippen molar-refractivity contribution in [3.05, 3.63) is 0 Å². The van der Waals surface area contributed by atoms with Gasteiger partial charge < -0.3 is 10.2 Å². The van der Waals surface area contributed by atoms with Crippen molar-refractivity contribution in [3.63, 3.8) is 0 Å². The normalized spacial score (nSPS) is 16.1. The largest absolute Gasteiger partial charge is 0.481 e. The first kappa shape index (κ1) is 41.7. The van der Waals surface area contributed by atoms with Crippen molar-refractivity contribution in [3.8, 4) is 0 Å². The minimum absolute atomic E-state index is 0.328. The number of alkyl halides is 18. The van der Waals surface area contributed by atoms with Crippen molar-refractivity contribution in [2.75, 3.05) is 0 Å². The summed E-state index contributed by atoms with van der Waals surface area (Å²) < 4.78 is 232. The molecule has 0 aliphatic heterocycles. The quantitative estimate of drug-likeness (QED) is 0.105. The molecule has 44 heavy (non-hydrogen) atoms. The summed E-state index contributed by atoms with van der Waals surface area (Å²) in [7, 11) is 0. The minimum atomic E-state index is -7.14. The predicted molar refractivity (Wildman–Crippen MR) is 110 cm³/mol. The van der Waals surface area contributed by atoms with Gasteiger partial charge in [-0.2, -0.15) is 79.0 Å². The SMILES string of the molecule is O=C(O)C(CCCCC(CCCC(F)(F)C(F)(F)C(F)(F)C(F)(F)F)C(=O)O)CCCC(F)(F)C(F)(F)C(F)(F)C(F)(F)F. The molecular weight excluding hydrogens is 670 g/mol. The fourth-order valence-electron chi connectivity index (χ4n) is 3.83. The third-order valence-electron chi connectivity index (χ3n) is 6.56. The van der Waals surface area contributed by atoms with Crippen LogP contribution in [0.4, 0.5) is 79.0 Å². The lowest BCUT2D eigenvalue weighted by molar-refractivity contribution is -0.396. The molecule has 22 heteroatoms. The highest BCUT2D eigenvalue weighted by Crippen LogP contribution is 2.55. The Balaban J connectivity index is 5.07. The van der Waals surface area contributed by atoms with E-state index < -0.39 is 123 Å². The molecule has 4 nitrogen and oxygen atoms in total. The Morgan fingerprint density at radius 1 is 0.409 bits per heavy atom. The van der Waals surface area contributed by atoms with Gasteiger partial charge in [-0.15, -0.1) is 0 Å². The lowest BCUT2D eigenvalue weighted by Gasteiger charge is -2.33. The number of rotatable bonds is 19. The number of carboxylic acid groups (broad SMARTS) is 2. The molecule has 0 spiro atoms. The molecule has 0 bridgehead atoms. The van der Waals surface area contributed by atoms with Gasteiger partial charge in [0.1, 0.15) is 0 Å². The second-order valence-corrected chi connectivity index (χ2v) is 9.84. The molecule has 0 aromatic rings. The standard InChI is InChI=1S/C22H24F18O4/c23-15(24,17(27,28)19(31,32)21(35,36)37)9-3-7-11(13(41)42)5-1-2-6-12(14(43)44)8-4-10-16(25,26)18(29,30)20(33,34)22(38,39)40/h11-12H,1-10H2,(H,41,42)(H,43,44). The van der Waals surface area contributed by atoms with Crippen molar-refractivity contribution < 1.29 is 98.8 Å².